The van der Waals surface area contributed by atoms with Gasteiger partial charge in [-0.15, -0.1) is 0 Å². The Kier molecular flexibility index (Phi) is 8.92. The lowest BCUT2D eigenvalue weighted by molar-refractivity contribution is -0.139. The first-order valence-corrected chi connectivity index (χ1v) is 12.6. The number of para-hydroxylation sites is 1. The van der Waals surface area contributed by atoms with E-state index in [1.807, 2.05) is 0 Å². The zero-order valence-electron chi connectivity index (χ0n) is 21.6. The second-order valence-corrected chi connectivity index (χ2v) is 8.90. The first kappa shape index (κ1) is 28.0. The van der Waals surface area contributed by atoms with Gasteiger partial charge < -0.3 is 29.6 Å². The molecule has 1 atom stereocenters. The van der Waals surface area contributed by atoms with Crippen LogP contribution in [0.25, 0.3) is 11.3 Å². The van der Waals surface area contributed by atoms with Crippen molar-refractivity contribution >= 4 is 41.4 Å². The van der Waals surface area contributed by atoms with Gasteiger partial charge in [-0.3, -0.25) is 4.79 Å². The lowest BCUT2D eigenvalue weighted by Gasteiger charge is -2.30. The summed E-state index contributed by atoms with van der Waals surface area (Å²) in [5.74, 6) is -0.751. The Morgan fingerprint density at radius 2 is 1.88 bits per heavy atom. The number of benzene rings is 2. The van der Waals surface area contributed by atoms with Crippen molar-refractivity contribution in [2.75, 3.05) is 13.2 Å². The van der Waals surface area contributed by atoms with E-state index < -0.39 is 23.9 Å². The zero-order valence-corrected chi connectivity index (χ0v) is 22.4. The van der Waals surface area contributed by atoms with Gasteiger partial charge in [0.05, 0.1) is 30.0 Å². The molecule has 0 spiro atoms. The van der Waals surface area contributed by atoms with Gasteiger partial charge in [-0.2, -0.15) is 5.10 Å². The maximum atomic E-state index is 12.7. The largest absolute Gasteiger partial charge is 0.483 e. The third-order valence-corrected chi connectivity index (χ3v) is 6.00. The lowest BCUT2D eigenvalue weighted by atomic mass is 9.95. The number of carboxylic acid groups (broad SMARTS) is 1. The van der Waals surface area contributed by atoms with Crippen molar-refractivity contribution in [3.8, 4) is 17.1 Å². The summed E-state index contributed by atoms with van der Waals surface area (Å²) in [4.78, 5) is 36.1. The van der Waals surface area contributed by atoms with Crippen LogP contribution in [0.3, 0.4) is 0 Å². The Bertz CT molecular complexity index is 1490. The summed E-state index contributed by atoms with van der Waals surface area (Å²) in [6.07, 6.45) is 1.33. The minimum Gasteiger partial charge on any atom is -0.483 e. The molecule has 206 valence electrons. The Hall–Kier alpha value is -4.97. The Morgan fingerprint density at radius 1 is 1.12 bits per heavy atom. The number of hydrogen-bond acceptors (Lipinski definition) is 8. The van der Waals surface area contributed by atoms with Gasteiger partial charge in [-0.1, -0.05) is 30.3 Å². The molecule has 0 unspecified atom stereocenters. The smallest absolute Gasteiger partial charge is 0.338 e. The molecule has 2 heterocycles. The van der Waals surface area contributed by atoms with Crippen LogP contribution in [-0.4, -0.2) is 47.5 Å². The fourth-order valence-corrected chi connectivity index (χ4v) is 4.23. The molecule has 0 bridgehead atoms. The fourth-order valence-electron chi connectivity index (χ4n) is 3.95. The number of furan rings is 1. The van der Waals surface area contributed by atoms with Crippen LogP contribution in [0.4, 0.5) is 0 Å². The van der Waals surface area contributed by atoms with Gasteiger partial charge in [0.1, 0.15) is 17.3 Å². The Labute approximate surface area is 234 Å². The molecule has 4 N–H and O–H groups in total. The number of allylic oxidation sites excluding steroid dienone is 1. The summed E-state index contributed by atoms with van der Waals surface area (Å²) in [6, 6.07) is 16.0. The number of rotatable bonds is 10. The molecule has 2 aromatic carbocycles. The molecule has 4 rings (SSSR count). The molecular weight excluding hydrogens is 536 g/mol. The molecule has 3 aromatic rings. The van der Waals surface area contributed by atoms with Gasteiger partial charge in [-0.05, 0) is 56.4 Å². The first-order valence-electron chi connectivity index (χ1n) is 12.2. The van der Waals surface area contributed by atoms with E-state index in [1.54, 1.807) is 62.4 Å². The number of hydrogen-bond donors (Lipinski definition) is 4. The van der Waals surface area contributed by atoms with E-state index in [-0.39, 0.29) is 18.8 Å². The number of thiocarbonyl (C=S) groups is 1. The number of carbonyl (C=O) groups is 3. The number of ether oxygens (including phenoxy) is 2. The number of nitrogens with zero attached hydrogens (tertiary/aromatic N) is 1. The molecule has 40 heavy (non-hydrogen) atoms. The lowest BCUT2D eigenvalue weighted by Crippen LogP contribution is -2.45. The van der Waals surface area contributed by atoms with Gasteiger partial charge in [0, 0.05) is 16.8 Å². The summed E-state index contributed by atoms with van der Waals surface area (Å²) in [6.45, 7) is 3.32. The van der Waals surface area contributed by atoms with Crippen molar-refractivity contribution in [2.45, 2.75) is 19.9 Å². The highest BCUT2D eigenvalue weighted by molar-refractivity contribution is 7.80. The van der Waals surface area contributed by atoms with Gasteiger partial charge in [0.15, 0.2) is 11.7 Å². The third kappa shape index (κ3) is 6.72. The quantitative estimate of drug-likeness (QED) is 0.125. The Morgan fingerprint density at radius 3 is 2.60 bits per heavy atom. The third-order valence-electron chi connectivity index (χ3n) is 5.78. The number of amides is 1. The molecule has 1 aliphatic heterocycles. The standard InChI is InChI=1S/C28H26N4O7S/c1-3-37-27(36)24-16(2)30-28(40)31-25(24)20-6-4-5-7-22(20)38-15-23(33)32-29-14-19-12-13-21(39-19)17-8-10-18(11-9-17)26(34)35/h4-14,25H,3,15H2,1-2H3,(H,32,33)(H,34,35)(H2,30,31,40)/t25-/m0/s1. The minimum absolute atomic E-state index is 0.172. The molecule has 0 saturated heterocycles. The van der Waals surface area contributed by atoms with Crippen LogP contribution < -0.4 is 20.8 Å². The van der Waals surface area contributed by atoms with E-state index in [1.165, 1.54) is 18.3 Å². The van der Waals surface area contributed by atoms with Crippen LogP contribution in [0.1, 0.15) is 41.6 Å². The normalized spacial score (nSPS) is 14.8. The van der Waals surface area contributed by atoms with Crippen molar-refractivity contribution in [2.24, 2.45) is 5.10 Å². The number of aromatic carboxylic acids is 1. The molecule has 1 amide bonds. The summed E-state index contributed by atoms with van der Waals surface area (Å²) < 4.78 is 16.7. The van der Waals surface area contributed by atoms with E-state index in [0.717, 1.165) is 0 Å². The molecule has 12 heteroatoms. The van der Waals surface area contributed by atoms with E-state index >= 15 is 0 Å². The van der Waals surface area contributed by atoms with Gasteiger partial charge in [-0.25, -0.2) is 15.0 Å². The number of esters is 1. The van der Waals surface area contributed by atoms with Crippen LogP contribution >= 0.6 is 12.2 Å². The number of carboxylic acids is 1. The van der Waals surface area contributed by atoms with Gasteiger partial charge in [0.2, 0.25) is 0 Å². The van der Waals surface area contributed by atoms with Crippen LogP contribution in [-0.2, 0) is 14.3 Å². The maximum Gasteiger partial charge on any atom is 0.338 e. The zero-order chi connectivity index (χ0) is 28.6. The molecule has 0 saturated carbocycles. The van der Waals surface area contributed by atoms with Crippen molar-refractivity contribution in [3.63, 3.8) is 0 Å². The molecule has 0 fully saturated rings. The van der Waals surface area contributed by atoms with Crippen LogP contribution in [0.15, 0.2) is 81.5 Å². The number of nitrogens with one attached hydrogen (secondary N) is 3. The van der Waals surface area contributed by atoms with E-state index in [9.17, 15) is 14.4 Å². The SMILES string of the molecule is CCOC(=O)C1=C(C)NC(=S)N[C@H]1c1ccccc1OCC(=O)NN=Cc1ccc(-c2ccc(C(=O)O)cc2)o1. The predicted octanol–water partition coefficient (Wildman–Crippen LogP) is 3.53. The number of hydrazone groups is 1. The van der Waals surface area contributed by atoms with Crippen LogP contribution in [0, 0.1) is 0 Å². The fraction of sp³-hybridized carbons (Fsp3) is 0.179. The average Bonchev–Trinajstić information content (AvgIpc) is 3.40. The second-order valence-electron chi connectivity index (χ2n) is 8.49. The van der Waals surface area contributed by atoms with E-state index in [0.29, 0.717) is 44.8 Å². The molecule has 11 nitrogen and oxygen atoms in total. The number of carbonyl (C=O) groups excluding carboxylic acids is 2. The van der Waals surface area contributed by atoms with Gasteiger partial charge >= 0.3 is 11.9 Å². The van der Waals surface area contributed by atoms with Crippen molar-refractivity contribution in [1.29, 1.82) is 0 Å². The summed E-state index contributed by atoms with van der Waals surface area (Å²) in [5.41, 5.74) is 4.77. The highest BCUT2D eigenvalue weighted by atomic mass is 32.1. The Balaban J connectivity index is 1.38. The average molecular weight is 563 g/mol. The van der Waals surface area contributed by atoms with Crippen LogP contribution in [0.5, 0.6) is 5.75 Å². The maximum absolute atomic E-state index is 12.7. The van der Waals surface area contributed by atoms with E-state index in [4.69, 9.17) is 31.2 Å². The minimum atomic E-state index is -1.01. The summed E-state index contributed by atoms with van der Waals surface area (Å²) in [7, 11) is 0. The van der Waals surface area contributed by atoms with Crippen molar-refractivity contribution < 1.29 is 33.4 Å². The molecule has 1 aliphatic rings. The molecule has 1 aromatic heterocycles. The van der Waals surface area contributed by atoms with Gasteiger partial charge in [0.25, 0.3) is 5.91 Å². The van der Waals surface area contributed by atoms with Crippen molar-refractivity contribution in [1.82, 2.24) is 16.1 Å². The molecular formula is C28H26N4O7S. The van der Waals surface area contributed by atoms with Crippen LogP contribution in [0.2, 0.25) is 0 Å². The molecule has 0 radical (unpaired) electrons. The highest BCUT2D eigenvalue weighted by Crippen LogP contribution is 2.33. The van der Waals surface area contributed by atoms with Crippen molar-refractivity contribution in [3.05, 3.63) is 88.8 Å². The summed E-state index contributed by atoms with van der Waals surface area (Å²) in [5, 5.41) is 19.3. The first-order chi connectivity index (χ1) is 19.3. The second kappa shape index (κ2) is 12.7. The van der Waals surface area contributed by atoms with E-state index in [2.05, 4.69) is 21.2 Å². The monoisotopic (exact) mass is 562 g/mol. The summed E-state index contributed by atoms with van der Waals surface area (Å²) >= 11 is 5.29. The molecule has 0 aliphatic carbocycles. The topological polar surface area (TPSA) is 151 Å². The predicted molar refractivity (Wildman–Crippen MR) is 150 cm³/mol. The highest BCUT2D eigenvalue weighted by Gasteiger charge is 2.32.